The van der Waals surface area contributed by atoms with Crippen LogP contribution in [-0.4, -0.2) is 47.6 Å². The third-order valence-corrected chi connectivity index (χ3v) is 4.97. The molecule has 0 saturated carbocycles. The van der Waals surface area contributed by atoms with E-state index >= 15 is 0 Å². The largest absolute Gasteiger partial charge is 0.493 e. The molecule has 1 fully saturated rings. The van der Waals surface area contributed by atoms with Gasteiger partial charge in [-0.15, -0.1) is 11.3 Å². The highest BCUT2D eigenvalue weighted by Crippen LogP contribution is 2.38. The molecule has 0 atom stereocenters. The van der Waals surface area contributed by atoms with Gasteiger partial charge in [-0.25, -0.2) is 9.78 Å². The zero-order chi connectivity index (χ0) is 17.3. The highest BCUT2D eigenvalue weighted by Gasteiger charge is 2.52. The number of aromatic nitrogens is 1. The molecule has 0 bridgehead atoms. The number of carbonyl (C=O) groups excluding carboxylic acids is 1. The third-order valence-electron chi connectivity index (χ3n) is 4.05. The summed E-state index contributed by atoms with van der Waals surface area (Å²) < 4.78 is 16.8. The predicted octanol–water partition coefficient (Wildman–Crippen LogP) is 2.33. The van der Waals surface area contributed by atoms with Crippen LogP contribution in [0.4, 0.5) is 0 Å². The first-order valence-electron chi connectivity index (χ1n) is 7.50. The summed E-state index contributed by atoms with van der Waals surface area (Å²) in [6.45, 7) is 9.65. The van der Waals surface area contributed by atoms with Crippen LogP contribution in [0.5, 0.6) is 0 Å². The monoisotopic (exact) mass is 339 g/mol. The van der Waals surface area contributed by atoms with Gasteiger partial charge >= 0.3 is 13.1 Å². The van der Waals surface area contributed by atoms with Crippen LogP contribution in [0.3, 0.4) is 0 Å². The van der Waals surface area contributed by atoms with E-state index in [0.29, 0.717) is 22.0 Å². The third kappa shape index (κ3) is 3.83. The number of aliphatic hydroxyl groups excluding tert-OH is 1. The first-order chi connectivity index (χ1) is 10.7. The maximum atomic E-state index is 11.7. The molecule has 1 aromatic heterocycles. The van der Waals surface area contributed by atoms with Gasteiger partial charge in [0.25, 0.3) is 0 Å². The van der Waals surface area contributed by atoms with Gasteiger partial charge in [-0.1, -0.05) is 0 Å². The zero-order valence-corrected chi connectivity index (χ0v) is 14.9. The van der Waals surface area contributed by atoms with Crippen molar-refractivity contribution in [1.82, 2.24) is 4.98 Å². The fourth-order valence-electron chi connectivity index (χ4n) is 1.99. The Bertz CT molecular complexity index is 595. The number of ether oxygens (including phenoxy) is 1. The number of carbonyl (C=O) groups is 1. The molecule has 1 aromatic rings. The molecule has 0 aromatic carbocycles. The van der Waals surface area contributed by atoms with Crippen LogP contribution >= 0.6 is 11.3 Å². The van der Waals surface area contributed by atoms with Crippen LogP contribution in [0.25, 0.3) is 6.08 Å². The first-order valence-corrected chi connectivity index (χ1v) is 8.31. The fraction of sp³-hybridized carbons (Fsp3) is 0.600. The van der Waals surface area contributed by atoms with E-state index in [9.17, 15) is 9.90 Å². The minimum atomic E-state index is -0.639. The maximum Gasteiger partial charge on any atom is 0.493 e. The van der Waals surface area contributed by atoms with Gasteiger partial charge in [-0.05, 0) is 46.2 Å². The Kier molecular flexibility index (Phi) is 5.30. The van der Waals surface area contributed by atoms with Crippen LogP contribution in [-0.2, 0) is 14.0 Å². The number of hydrogen-bond donors (Lipinski definition) is 1. The lowest BCUT2D eigenvalue weighted by Gasteiger charge is -2.32. The van der Waals surface area contributed by atoms with Crippen molar-refractivity contribution in [2.45, 2.75) is 45.8 Å². The van der Waals surface area contributed by atoms with E-state index in [0.717, 1.165) is 0 Å². The van der Waals surface area contributed by atoms with Crippen LogP contribution in [0.1, 0.15) is 49.3 Å². The van der Waals surface area contributed by atoms with Crippen molar-refractivity contribution < 1.29 is 23.9 Å². The lowest BCUT2D eigenvalue weighted by atomic mass is 9.78. The summed E-state index contributed by atoms with van der Waals surface area (Å²) in [5, 5.41) is 10.2. The number of esters is 1. The minimum Gasteiger partial charge on any atom is -0.462 e. The van der Waals surface area contributed by atoms with Crippen LogP contribution in [0.15, 0.2) is 11.7 Å². The number of rotatable bonds is 5. The predicted molar refractivity (Wildman–Crippen MR) is 89.2 cm³/mol. The summed E-state index contributed by atoms with van der Waals surface area (Å²) in [6.07, 6.45) is 3.16. The summed E-state index contributed by atoms with van der Waals surface area (Å²) in [4.78, 5) is 16.3. The first kappa shape index (κ1) is 18.1. The molecule has 0 aliphatic carbocycles. The second-order valence-corrected chi connectivity index (χ2v) is 7.31. The standard InChI is InChI=1S/C15H22BNO5S/c1-6-20-13(19)11-8-17-12(23-11)7-10(9-18)16-21-14(2,3)15(4,5)22-16/h7-8,18H,6,9H2,1-5H3. The molecule has 0 unspecified atom stereocenters. The van der Waals surface area contributed by atoms with Gasteiger partial charge in [0.05, 0.1) is 30.6 Å². The van der Waals surface area contributed by atoms with Gasteiger partial charge in [-0.3, -0.25) is 0 Å². The average molecular weight is 339 g/mol. The maximum absolute atomic E-state index is 11.7. The summed E-state index contributed by atoms with van der Waals surface area (Å²) in [5.41, 5.74) is -0.399. The van der Waals surface area contributed by atoms with Crippen LogP contribution in [0, 0.1) is 0 Å². The lowest BCUT2D eigenvalue weighted by Crippen LogP contribution is -2.41. The second-order valence-electron chi connectivity index (χ2n) is 6.25. The zero-order valence-electron chi connectivity index (χ0n) is 14.1. The van der Waals surface area contributed by atoms with Gasteiger partial charge in [0.1, 0.15) is 9.88 Å². The molecule has 0 radical (unpaired) electrons. The Morgan fingerprint density at radius 3 is 2.52 bits per heavy atom. The molecule has 0 spiro atoms. The van der Waals surface area contributed by atoms with Gasteiger partial charge in [0.2, 0.25) is 0 Å². The molecule has 1 aliphatic heterocycles. The molecule has 2 heterocycles. The van der Waals surface area contributed by atoms with Gasteiger partial charge in [-0.2, -0.15) is 0 Å². The van der Waals surface area contributed by atoms with Crippen molar-refractivity contribution in [1.29, 1.82) is 0 Å². The Morgan fingerprint density at radius 1 is 1.39 bits per heavy atom. The van der Waals surface area contributed by atoms with Gasteiger partial charge in [0, 0.05) is 0 Å². The summed E-state index contributed by atoms with van der Waals surface area (Å²) in [5.74, 6) is -0.397. The molecular weight excluding hydrogens is 317 g/mol. The second kappa shape index (κ2) is 6.72. The summed E-state index contributed by atoms with van der Waals surface area (Å²) >= 11 is 1.20. The fourth-order valence-corrected chi connectivity index (χ4v) is 2.78. The normalized spacial score (nSPS) is 19.9. The molecule has 1 N–H and O–H groups in total. The molecule has 2 rings (SSSR count). The smallest absolute Gasteiger partial charge is 0.462 e. The number of nitrogens with zero attached hydrogens (tertiary/aromatic N) is 1. The topological polar surface area (TPSA) is 77.9 Å². The molecule has 6 nitrogen and oxygen atoms in total. The van der Waals surface area contributed by atoms with Crippen molar-refractivity contribution in [3.05, 3.63) is 21.6 Å². The molecule has 1 saturated heterocycles. The molecule has 126 valence electrons. The minimum absolute atomic E-state index is 0.217. The van der Waals surface area contributed by atoms with Gasteiger partial charge < -0.3 is 19.2 Å². The number of aliphatic hydroxyl groups is 1. The molecule has 0 amide bonds. The van der Waals surface area contributed by atoms with E-state index in [2.05, 4.69) is 4.98 Å². The SMILES string of the molecule is CCOC(=O)c1cnc(C=C(CO)B2OC(C)(C)C(C)(C)O2)s1. The number of hydrogen-bond acceptors (Lipinski definition) is 7. The van der Waals surface area contributed by atoms with Crippen molar-refractivity contribution >= 4 is 30.5 Å². The van der Waals surface area contributed by atoms with Crippen molar-refractivity contribution in [3.63, 3.8) is 0 Å². The Hall–Kier alpha value is -1.22. The molecular formula is C15H22BNO5S. The molecule has 23 heavy (non-hydrogen) atoms. The van der Waals surface area contributed by atoms with Crippen molar-refractivity contribution in [3.8, 4) is 0 Å². The van der Waals surface area contributed by atoms with E-state index in [1.807, 2.05) is 27.7 Å². The van der Waals surface area contributed by atoms with Crippen LogP contribution < -0.4 is 0 Å². The van der Waals surface area contributed by atoms with Crippen molar-refractivity contribution in [2.24, 2.45) is 0 Å². The molecule has 8 heteroatoms. The van der Waals surface area contributed by atoms with Gasteiger partial charge in [0.15, 0.2) is 0 Å². The van der Waals surface area contributed by atoms with E-state index in [1.54, 1.807) is 13.0 Å². The highest BCUT2D eigenvalue weighted by molar-refractivity contribution is 7.14. The van der Waals surface area contributed by atoms with E-state index in [1.165, 1.54) is 17.5 Å². The average Bonchev–Trinajstić information content (AvgIpc) is 2.99. The van der Waals surface area contributed by atoms with E-state index in [4.69, 9.17) is 14.0 Å². The van der Waals surface area contributed by atoms with Crippen LogP contribution in [0.2, 0.25) is 0 Å². The lowest BCUT2D eigenvalue weighted by molar-refractivity contribution is 0.00578. The summed E-state index contributed by atoms with van der Waals surface area (Å²) in [6, 6.07) is 0. The quantitative estimate of drug-likeness (QED) is 0.655. The van der Waals surface area contributed by atoms with E-state index in [-0.39, 0.29) is 6.61 Å². The Balaban J connectivity index is 2.19. The summed E-state index contributed by atoms with van der Waals surface area (Å²) in [7, 11) is -0.639. The molecule has 1 aliphatic rings. The Morgan fingerprint density at radius 2 is 2.00 bits per heavy atom. The van der Waals surface area contributed by atoms with E-state index < -0.39 is 24.3 Å². The highest BCUT2D eigenvalue weighted by atomic mass is 32.1. The van der Waals surface area contributed by atoms with Crippen molar-refractivity contribution in [2.75, 3.05) is 13.2 Å². The Labute approximate surface area is 140 Å². The number of thiazole rings is 1.